The van der Waals surface area contributed by atoms with E-state index in [1.165, 1.54) is 18.2 Å². The van der Waals surface area contributed by atoms with E-state index in [1.54, 1.807) is 11.6 Å². The largest absolute Gasteiger partial charge is 0.368 e. The molecule has 0 fully saturated rings. The number of hydrogen-bond donors (Lipinski definition) is 1. The molecular formula is C18H16ClN5O3S. The number of carbonyl (C=O) groups is 1. The molecular weight excluding hydrogens is 402 g/mol. The summed E-state index contributed by atoms with van der Waals surface area (Å²) in [7, 11) is 1.78. The molecule has 0 spiro atoms. The van der Waals surface area contributed by atoms with Crippen molar-refractivity contribution < 1.29 is 9.72 Å². The van der Waals surface area contributed by atoms with Crippen molar-refractivity contribution in [2.45, 2.75) is 17.3 Å². The average molecular weight is 418 g/mol. The molecule has 2 N–H and O–H groups in total. The number of carbonyl (C=O) groups excluding carboxylic acids is 1. The molecule has 2 aromatic carbocycles. The summed E-state index contributed by atoms with van der Waals surface area (Å²) < 4.78 is 1.76. The number of aromatic nitrogens is 3. The van der Waals surface area contributed by atoms with Gasteiger partial charge in [-0.25, -0.2) is 0 Å². The first-order valence-corrected chi connectivity index (χ1v) is 9.40. The molecule has 8 nitrogen and oxygen atoms in total. The van der Waals surface area contributed by atoms with Gasteiger partial charge in [0.05, 0.1) is 4.92 Å². The highest BCUT2D eigenvalue weighted by Crippen LogP contribution is 2.38. The van der Waals surface area contributed by atoms with Crippen molar-refractivity contribution in [3.8, 4) is 11.4 Å². The number of halogens is 1. The molecule has 0 aliphatic carbocycles. The van der Waals surface area contributed by atoms with E-state index < -0.39 is 16.1 Å². The number of nitro benzene ring substituents is 1. The molecule has 10 heteroatoms. The summed E-state index contributed by atoms with van der Waals surface area (Å²) in [5.41, 5.74) is 7.59. The Kier molecular flexibility index (Phi) is 5.66. The van der Waals surface area contributed by atoms with E-state index in [9.17, 15) is 14.9 Å². The second kappa shape index (κ2) is 7.99. The summed E-state index contributed by atoms with van der Waals surface area (Å²) in [6.07, 6.45) is 0. The quantitative estimate of drug-likeness (QED) is 0.371. The molecule has 1 atom stereocenters. The number of thioether (sulfide) groups is 1. The van der Waals surface area contributed by atoms with Crippen LogP contribution in [0.3, 0.4) is 0 Å². The Hall–Kier alpha value is -2.91. The van der Waals surface area contributed by atoms with Gasteiger partial charge in [0.1, 0.15) is 10.3 Å². The first-order valence-electron chi connectivity index (χ1n) is 8.14. The van der Waals surface area contributed by atoms with E-state index in [4.69, 9.17) is 17.3 Å². The van der Waals surface area contributed by atoms with Gasteiger partial charge in [0, 0.05) is 18.7 Å². The third-order valence-corrected chi connectivity index (χ3v) is 5.80. The molecule has 3 aromatic rings. The summed E-state index contributed by atoms with van der Waals surface area (Å²) in [5.74, 6) is -0.00651. The van der Waals surface area contributed by atoms with Crippen LogP contribution in [0, 0.1) is 17.0 Å². The van der Waals surface area contributed by atoms with Gasteiger partial charge in [0.15, 0.2) is 11.0 Å². The Morgan fingerprint density at radius 3 is 2.64 bits per heavy atom. The third kappa shape index (κ3) is 3.85. The highest BCUT2D eigenvalue weighted by atomic mass is 35.5. The maximum Gasteiger partial charge on any atom is 0.288 e. The zero-order valence-corrected chi connectivity index (χ0v) is 16.6. The van der Waals surface area contributed by atoms with Crippen molar-refractivity contribution in [2.75, 3.05) is 0 Å². The number of hydrogen-bond acceptors (Lipinski definition) is 6. The fraction of sp³-hybridized carbons (Fsp3) is 0.167. The van der Waals surface area contributed by atoms with Gasteiger partial charge in [-0.15, -0.1) is 10.2 Å². The number of primary amides is 1. The molecule has 3 rings (SSSR count). The van der Waals surface area contributed by atoms with E-state index in [-0.39, 0.29) is 10.7 Å². The Labute approximate surface area is 169 Å². The lowest BCUT2D eigenvalue weighted by Crippen LogP contribution is -2.19. The fourth-order valence-electron chi connectivity index (χ4n) is 2.70. The van der Waals surface area contributed by atoms with Crippen LogP contribution in [0.25, 0.3) is 11.4 Å². The molecule has 1 heterocycles. The molecule has 1 unspecified atom stereocenters. The molecule has 0 radical (unpaired) electrons. The first-order chi connectivity index (χ1) is 13.3. The zero-order valence-electron chi connectivity index (χ0n) is 15.0. The molecule has 0 aliphatic rings. The van der Waals surface area contributed by atoms with Crippen LogP contribution in [-0.4, -0.2) is 25.6 Å². The number of nitrogens with zero attached hydrogens (tertiary/aromatic N) is 4. The van der Waals surface area contributed by atoms with Crippen LogP contribution in [0.5, 0.6) is 0 Å². The van der Waals surface area contributed by atoms with Gasteiger partial charge in [0.25, 0.3) is 5.69 Å². The third-order valence-electron chi connectivity index (χ3n) is 4.17. The van der Waals surface area contributed by atoms with Crippen LogP contribution >= 0.6 is 23.4 Å². The van der Waals surface area contributed by atoms with Crippen LogP contribution in [0.4, 0.5) is 5.69 Å². The minimum atomic E-state index is -0.886. The molecule has 144 valence electrons. The van der Waals surface area contributed by atoms with Crippen molar-refractivity contribution >= 4 is 35.0 Å². The SMILES string of the molecule is Cc1ccccc1-c1nnc(SC(C(N)=O)c2ccc(Cl)c([N+](=O)[O-])c2)n1C. The van der Waals surface area contributed by atoms with E-state index >= 15 is 0 Å². The van der Waals surface area contributed by atoms with E-state index in [0.717, 1.165) is 22.9 Å². The smallest absolute Gasteiger partial charge is 0.288 e. The lowest BCUT2D eigenvalue weighted by Gasteiger charge is -2.13. The van der Waals surface area contributed by atoms with Crippen LogP contribution in [0.15, 0.2) is 47.6 Å². The Balaban J connectivity index is 1.97. The minimum Gasteiger partial charge on any atom is -0.368 e. The van der Waals surface area contributed by atoms with Gasteiger partial charge >= 0.3 is 0 Å². The molecule has 28 heavy (non-hydrogen) atoms. The Bertz CT molecular complexity index is 1070. The summed E-state index contributed by atoms with van der Waals surface area (Å²) in [5, 5.41) is 19.1. The van der Waals surface area contributed by atoms with Gasteiger partial charge in [-0.3, -0.25) is 14.9 Å². The predicted molar refractivity (Wildman–Crippen MR) is 107 cm³/mol. The number of rotatable bonds is 6. The number of nitrogens with two attached hydrogens (primary N) is 1. The summed E-state index contributed by atoms with van der Waals surface area (Å²) in [4.78, 5) is 22.6. The van der Waals surface area contributed by atoms with Gasteiger partial charge in [-0.1, -0.05) is 53.7 Å². The second-order valence-electron chi connectivity index (χ2n) is 6.05. The highest BCUT2D eigenvalue weighted by molar-refractivity contribution is 8.00. The van der Waals surface area contributed by atoms with E-state index in [1.807, 2.05) is 31.2 Å². The van der Waals surface area contributed by atoms with E-state index in [2.05, 4.69) is 10.2 Å². The van der Waals surface area contributed by atoms with Gasteiger partial charge in [-0.05, 0) is 24.1 Å². The van der Waals surface area contributed by atoms with Crippen LogP contribution in [-0.2, 0) is 11.8 Å². The molecule has 0 saturated heterocycles. The summed E-state index contributed by atoms with van der Waals surface area (Å²) >= 11 is 6.93. The topological polar surface area (TPSA) is 117 Å². The number of benzene rings is 2. The van der Waals surface area contributed by atoms with Crippen molar-refractivity contribution in [3.05, 3.63) is 68.7 Å². The van der Waals surface area contributed by atoms with Gasteiger partial charge in [0.2, 0.25) is 5.91 Å². The molecule has 0 saturated carbocycles. The summed E-state index contributed by atoms with van der Waals surface area (Å²) in [6, 6.07) is 11.9. The molecule has 0 aliphatic heterocycles. The maximum atomic E-state index is 12.1. The number of amides is 1. The first kappa shape index (κ1) is 19.8. The Morgan fingerprint density at radius 1 is 1.29 bits per heavy atom. The monoisotopic (exact) mass is 417 g/mol. The van der Waals surface area contributed by atoms with Crippen LogP contribution in [0.2, 0.25) is 5.02 Å². The standard InChI is InChI=1S/C18H16ClN5O3S/c1-10-5-3-4-6-12(10)17-21-22-18(23(17)2)28-15(16(20)25)11-7-8-13(19)14(9-11)24(26)27/h3-9,15H,1-2H3,(H2,20,25). The van der Waals surface area contributed by atoms with Crippen molar-refractivity contribution in [1.29, 1.82) is 0 Å². The molecule has 1 aromatic heterocycles. The second-order valence-corrected chi connectivity index (χ2v) is 7.53. The Morgan fingerprint density at radius 2 is 2.00 bits per heavy atom. The average Bonchev–Trinajstić information content (AvgIpc) is 3.00. The number of aryl methyl sites for hydroxylation is 1. The minimum absolute atomic E-state index is 0.0116. The summed E-state index contributed by atoms with van der Waals surface area (Å²) in [6.45, 7) is 1.97. The van der Waals surface area contributed by atoms with Crippen LogP contribution in [0.1, 0.15) is 16.4 Å². The van der Waals surface area contributed by atoms with Crippen molar-refractivity contribution in [1.82, 2.24) is 14.8 Å². The van der Waals surface area contributed by atoms with Gasteiger partial charge < -0.3 is 10.3 Å². The van der Waals surface area contributed by atoms with Crippen LogP contribution < -0.4 is 5.73 Å². The van der Waals surface area contributed by atoms with Gasteiger partial charge in [-0.2, -0.15) is 0 Å². The molecule has 1 amide bonds. The van der Waals surface area contributed by atoms with E-state index in [0.29, 0.717) is 16.5 Å². The lowest BCUT2D eigenvalue weighted by atomic mass is 10.1. The maximum absolute atomic E-state index is 12.1. The normalized spacial score (nSPS) is 12.0. The predicted octanol–water partition coefficient (Wildman–Crippen LogP) is 3.67. The lowest BCUT2D eigenvalue weighted by molar-refractivity contribution is -0.384. The van der Waals surface area contributed by atoms with Crippen molar-refractivity contribution in [3.63, 3.8) is 0 Å². The number of nitro groups is 1. The zero-order chi connectivity index (χ0) is 20.4. The highest BCUT2D eigenvalue weighted by Gasteiger charge is 2.26. The fourth-order valence-corrected chi connectivity index (χ4v) is 3.83. The van der Waals surface area contributed by atoms with Crippen molar-refractivity contribution in [2.24, 2.45) is 12.8 Å². The molecule has 0 bridgehead atoms.